The summed E-state index contributed by atoms with van der Waals surface area (Å²) in [5.41, 5.74) is 1.30. The predicted octanol–water partition coefficient (Wildman–Crippen LogP) is 3.43. The van der Waals surface area contributed by atoms with Gasteiger partial charge in [-0.3, -0.25) is 9.69 Å². The monoisotopic (exact) mass is 342 g/mol. The first-order valence-corrected chi connectivity index (χ1v) is 9.47. The van der Waals surface area contributed by atoms with E-state index < -0.39 is 0 Å². The number of hydrogen-bond acceptors (Lipinski definition) is 4. The Morgan fingerprint density at radius 3 is 2.83 bits per heavy atom. The van der Waals surface area contributed by atoms with Crippen LogP contribution in [0.1, 0.15) is 40.5 Å². The normalized spacial score (nSPS) is 27.4. The number of nitrogens with one attached hydrogen (secondary N) is 1. The lowest BCUT2D eigenvalue weighted by Gasteiger charge is -2.48. The molecule has 1 N–H and O–H groups in total. The number of carbonyl (C=O) groups is 1. The second-order valence-corrected chi connectivity index (χ2v) is 7.38. The summed E-state index contributed by atoms with van der Waals surface area (Å²) >= 11 is 1.47. The van der Waals surface area contributed by atoms with Crippen molar-refractivity contribution in [2.75, 3.05) is 13.2 Å². The van der Waals surface area contributed by atoms with Gasteiger partial charge >= 0.3 is 0 Å². The highest BCUT2D eigenvalue weighted by molar-refractivity contribution is 7.12. The highest BCUT2D eigenvalue weighted by atomic mass is 32.1. The lowest BCUT2D eigenvalue weighted by atomic mass is 9.93. The van der Waals surface area contributed by atoms with Crippen molar-refractivity contribution in [3.8, 4) is 0 Å². The topological polar surface area (TPSA) is 41.6 Å². The highest BCUT2D eigenvalue weighted by Crippen LogP contribution is 2.34. The molecule has 1 amide bonds. The van der Waals surface area contributed by atoms with E-state index in [1.54, 1.807) is 0 Å². The smallest absolute Gasteiger partial charge is 0.263 e. The molecule has 1 aromatic heterocycles. The number of fused-ring (bicyclic) bond motifs is 1. The zero-order valence-electron chi connectivity index (χ0n) is 13.6. The third-order valence-electron chi connectivity index (χ3n) is 4.98. The summed E-state index contributed by atoms with van der Waals surface area (Å²) in [5.74, 6) is -0.0290. The minimum Gasteiger partial charge on any atom is -0.355 e. The molecule has 0 saturated carbocycles. The van der Waals surface area contributed by atoms with E-state index in [9.17, 15) is 4.79 Å². The molecule has 2 saturated heterocycles. The van der Waals surface area contributed by atoms with Crippen LogP contribution in [-0.4, -0.2) is 36.2 Å². The second kappa shape index (κ2) is 7.05. The number of amides is 1. The van der Waals surface area contributed by atoms with Crippen LogP contribution in [0, 0.1) is 0 Å². The molecule has 4 rings (SSSR count). The van der Waals surface area contributed by atoms with Crippen molar-refractivity contribution >= 4 is 17.2 Å². The van der Waals surface area contributed by atoms with Crippen molar-refractivity contribution in [1.29, 1.82) is 0 Å². The molecule has 2 aromatic rings. The molecule has 0 bridgehead atoms. The predicted molar refractivity (Wildman–Crippen MR) is 95.1 cm³/mol. The van der Waals surface area contributed by atoms with Gasteiger partial charge in [0, 0.05) is 0 Å². The number of benzene rings is 1. The van der Waals surface area contributed by atoms with Crippen molar-refractivity contribution in [3.63, 3.8) is 0 Å². The summed E-state index contributed by atoms with van der Waals surface area (Å²) in [6.45, 7) is 1.69. The Kier molecular flexibility index (Phi) is 4.65. The zero-order chi connectivity index (χ0) is 16.4. The average molecular weight is 342 g/mol. The number of morpholine rings is 1. The van der Waals surface area contributed by atoms with E-state index in [0.717, 1.165) is 17.8 Å². The Balaban J connectivity index is 1.51. The molecule has 3 unspecified atom stereocenters. The van der Waals surface area contributed by atoms with Gasteiger partial charge in [0.05, 0.1) is 23.6 Å². The van der Waals surface area contributed by atoms with Crippen molar-refractivity contribution in [2.24, 2.45) is 0 Å². The number of piperidine rings is 1. The fraction of sp³-hybridized carbons (Fsp3) is 0.421. The molecule has 3 atom stereocenters. The molecular formula is C19H22N2O2S. The quantitative estimate of drug-likeness (QED) is 0.929. The van der Waals surface area contributed by atoms with E-state index in [2.05, 4.69) is 34.5 Å². The van der Waals surface area contributed by atoms with Crippen LogP contribution in [0.2, 0.25) is 0 Å². The van der Waals surface area contributed by atoms with Gasteiger partial charge in [-0.15, -0.1) is 11.3 Å². The van der Waals surface area contributed by atoms with Gasteiger partial charge < -0.3 is 10.1 Å². The van der Waals surface area contributed by atoms with Crippen LogP contribution in [-0.2, 0) is 4.74 Å². The minimum absolute atomic E-state index is 0.0290. The molecule has 2 fully saturated rings. The standard InChI is InChI=1S/C19H22N2O2S/c22-18(17-10-6-12-24-17)20-19-15-9-4-5-11-21(15)16(13-23-19)14-7-2-1-3-8-14/h1-3,6-8,10,12,15-16,19H,4-5,9,11,13H2,(H,20,22). The zero-order valence-corrected chi connectivity index (χ0v) is 14.4. The van der Waals surface area contributed by atoms with Gasteiger partial charge in [-0.25, -0.2) is 0 Å². The third-order valence-corrected chi connectivity index (χ3v) is 5.85. The van der Waals surface area contributed by atoms with Crippen molar-refractivity contribution < 1.29 is 9.53 Å². The van der Waals surface area contributed by atoms with Crippen LogP contribution in [0.3, 0.4) is 0 Å². The van der Waals surface area contributed by atoms with Crippen LogP contribution >= 0.6 is 11.3 Å². The molecule has 0 radical (unpaired) electrons. The van der Waals surface area contributed by atoms with E-state index in [0.29, 0.717) is 6.61 Å². The fourth-order valence-corrected chi connectivity index (χ4v) is 4.43. The molecule has 3 heterocycles. The molecule has 0 aliphatic carbocycles. The molecule has 126 valence electrons. The second-order valence-electron chi connectivity index (χ2n) is 6.43. The van der Waals surface area contributed by atoms with E-state index in [1.807, 2.05) is 23.6 Å². The van der Waals surface area contributed by atoms with E-state index in [4.69, 9.17) is 4.74 Å². The van der Waals surface area contributed by atoms with Crippen molar-refractivity contribution in [2.45, 2.75) is 37.6 Å². The lowest BCUT2D eigenvalue weighted by molar-refractivity contribution is -0.125. The van der Waals surface area contributed by atoms with E-state index in [1.165, 1.54) is 29.7 Å². The van der Waals surface area contributed by atoms with Crippen LogP contribution in [0.25, 0.3) is 0 Å². The van der Waals surface area contributed by atoms with Crippen LogP contribution in [0.15, 0.2) is 47.8 Å². The maximum atomic E-state index is 12.4. The van der Waals surface area contributed by atoms with Gasteiger partial charge in [0.15, 0.2) is 0 Å². The molecule has 0 spiro atoms. The average Bonchev–Trinajstić information content (AvgIpc) is 3.17. The largest absolute Gasteiger partial charge is 0.355 e. The number of hydrogen-bond donors (Lipinski definition) is 1. The molecule has 1 aromatic carbocycles. The number of thiophene rings is 1. The van der Waals surface area contributed by atoms with Crippen LogP contribution in [0.4, 0.5) is 0 Å². The molecule has 24 heavy (non-hydrogen) atoms. The fourth-order valence-electron chi connectivity index (χ4n) is 3.80. The third kappa shape index (κ3) is 3.11. The first-order chi connectivity index (χ1) is 11.8. The first-order valence-electron chi connectivity index (χ1n) is 8.59. The van der Waals surface area contributed by atoms with Crippen molar-refractivity contribution in [1.82, 2.24) is 10.2 Å². The van der Waals surface area contributed by atoms with Gasteiger partial charge in [-0.2, -0.15) is 0 Å². The van der Waals surface area contributed by atoms with Gasteiger partial charge in [0.25, 0.3) is 5.91 Å². The Morgan fingerprint density at radius 2 is 2.04 bits per heavy atom. The summed E-state index contributed by atoms with van der Waals surface area (Å²) in [4.78, 5) is 15.7. The number of carbonyl (C=O) groups excluding carboxylic acids is 1. The van der Waals surface area contributed by atoms with Crippen LogP contribution < -0.4 is 5.32 Å². The van der Waals surface area contributed by atoms with Gasteiger partial charge in [-0.1, -0.05) is 42.8 Å². The number of ether oxygens (including phenoxy) is 1. The molecule has 2 aliphatic heterocycles. The maximum absolute atomic E-state index is 12.4. The Hall–Kier alpha value is -1.69. The lowest BCUT2D eigenvalue weighted by Crippen LogP contribution is -2.60. The first kappa shape index (κ1) is 15.8. The highest BCUT2D eigenvalue weighted by Gasteiger charge is 2.40. The number of nitrogens with zero attached hydrogens (tertiary/aromatic N) is 1. The summed E-state index contributed by atoms with van der Waals surface area (Å²) in [5, 5.41) is 5.03. The maximum Gasteiger partial charge on any atom is 0.263 e. The SMILES string of the molecule is O=C(NC1OCC(c2ccccc2)N2CCCCC12)c1cccs1. The van der Waals surface area contributed by atoms with E-state index in [-0.39, 0.29) is 24.2 Å². The van der Waals surface area contributed by atoms with Crippen LogP contribution in [0.5, 0.6) is 0 Å². The minimum atomic E-state index is -0.222. The summed E-state index contributed by atoms with van der Waals surface area (Å²) < 4.78 is 6.11. The Labute approximate surface area is 146 Å². The Morgan fingerprint density at radius 1 is 1.17 bits per heavy atom. The summed E-state index contributed by atoms with van der Waals surface area (Å²) in [6, 6.07) is 14.8. The summed E-state index contributed by atoms with van der Waals surface area (Å²) in [7, 11) is 0. The summed E-state index contributed by atoms with van der Waals surface area (Å²) in [6.07, 6.45) is 3.25. The molecule has 4 nitrogen and oxygen atoms in total. The molecular weight excluding hydrogens is 320 g/mol. The Bertz CT molecular complexity index is 674. The van der Waals surface area contributed by atoms with Gasteiger partial charge in [-0.05, 0) is 36.4 Å². The van der Waals surface area contributed by atoms with Crippen molar-refractivity contribution in [3.05, 3.63) is 58.3 Å². The molecule has 2 aliphatic rings. The molecule has 5 heteroatoms. The van der Waals surface area contributed by atoms with Gasteiger partial charge in [0.1, 0.15) is 6.23 Å². The van der Waals surface area contributed by atoms with E-state index >= 15 is 0 Å². The van der Waals surface area contributed by atoms with Gasteiger partial charge in [0.2, 0.25) is 0 Å². The number of rotatable bonds is 3.